The van der Waals surface area contributed by atoms with Gasteiger partial charge in [0.25, 0.3) is 0 Å². The normalized spacial score (nSPS) is 13.8. The van der Waals surface area contributed by atoms with Crippen LogP contribution >= 0.6 is 11.6 Å². The van der Waals surface area contributed by atoms with Crippen molar-refractivity contribution in [3.63, 3.8) is 0 Å². The summed E-state index contributed by atoms with van der Waals surface area (Å²) in [6.07, 6.45) is 1.68. The molecule has 2 aromatic rings. The Bertz CT molecular complexity index is 652. The lowest BCUT2D eigenvalue weighted by Crippen LogP contribution is -2.17. The van der Waals surface area contributed by atoms with Crippen molar-refractivity contribution in [3.05, 3.63) is 22.8 Å². The molecule has 3 rings (SSSR count). The Kier molecular flexibility index (Phi) is 3.22. The minimum atomic E-state index is 0.216. The maximum atomic E-state index is 6.44. The van der Waals surface area contributed by atoms with Crippen LogP contribution in [-0.2, 0) is 0 Å². The maximum absolute atomic E-state index is 6.44. The molecular weight excluding hydrogens is 278 g/mol. The van der Waals surface area contributed by atoms with Crippen LogP contribution in [0, 0.1) is 0 Å². The molecule has 1 aromatic heterocycles. The summed E-state index contributed by atoms with van der Waals surface area (Å²) in [7, 11) is 0. The van der Waals surface area contributed by atoms with Crippen LogP contribution in [0.1, 0.15) is 25.3 Å². The third-order valence-corrected chi connectivity index (χ3v) is 3.64. The standard InChI is InChI=1S/C14H16ClN3O2/c1-7(2)11-12(8-6-17-18-14(8)16)9(15)5-10-13(11)20-4-3-19-10/h5-7H,3-4H2,1-2H3,(H3,16,17,18). The number of H-pyrrole nitrogens is 1. The van der Waals surface area contributed by atoms with E-state index in [1.54, 1.807) is 12.3 Å². The number of nitrogen functional groups attached to an aromatic ring is 1. The average Bonchev–Trinajstić information content (AvgIpc) is 2.83. The summed E-state index contributed by atoms with van der Waals surface area (Å²) in [5.41, 5.74) is 8.58. The zero-order valence-corrected chi connectivity index (χ0v) is 12.1. The predicted molar refractivity (Wildman–Crippen MR) is 78.5 cm³/mol. The molecule has 0 atom stereocenters. The fourth-order valence-electron chi connectivity index (χ4n) is 2.50. The zero-order valence-electron chi connectivity index (χ0n) is 11.4. The van der Waals surface area contributed by atoms with Gasteiger partial charge in [-0.2, -0.15) is 5.10 Å². The van der Waals surface area contributed by atoms with Crippen LogP contribution in [0.3, 0.4) is 0 Å². The average molecular weight is 294 g/mol. The monoisotopic (exact) mass is 293 g/mol. The molecule has 5 nitrogen and oxygen atoms in total. The summed E-state index contributed by atoms with van der Waals surface area (Å²) in [5, 5.41) is 7.30. The summed E-state index contributed by atoms with van der Waals surface area (Å²) in [5.74, 6) is 2.15. The number of anilines is 1. The summed E-state index contributed by atoms with van der Waals surface area (Å²) in [4.78, 5) is 0. The lowest BCUT2D eigenvalue weighted by Gasteiger charge is -2.25. The van der Waals surface area contributed by atoms with Gasteiger partial charge in [-0.1, -0.05) is 25.4 Å². The molecule has 0 spiro atoms. The summed E-state index contributed by atoms with van der Waals surface area (Å²) >= 11 is 6.44. The molecule has 2 heterocycles. The van der Waals surface area contributed by atoms with Crippen LogP contribution < -0.4 is 15.2 Å². The molecule has 0 saturated heterocycles. The number of aromatic amines is 1. The minimum absolute atomic E-state index is 0.216. The molecule has 0 radical (unpaired) electrons. The molecule has 1 aliphatic rings. The largest absolute Gasteiger partial charge is 0.486 e. The second kappa shape index (κ2) is 4.90. The molecule has 0 aliphatic carbocycles. The molecule has 0 fully saturated rings. The molecule has 1 aromatic carbocycles. The summed E-state index contributed by atoms with van der Waals surface area (Å²) < 4.78 is 11.4. The Labute approximate surface area is 122 Å². The SMILES string of the molecule is CC(C)c1c2c(cc(Cl)c1-c1cn[nH]c1N)OCCO2. The third kappa shape index (κ3) is 1.98. The topological polar surface area (TPSA) is 73.2 Å². The minimum Gasteiger partial charge on any atom is -0.486 e. The van der Waals surface area contributed by atoms with Gasteiger partial charge in [-0.05, 0) is 5.92 Å². The van der Waals surface area contributed by atoms with E-state index in [4.69, 9.17) is 26.8 Å². The highest BCUT2D eigenvalue weighted by Gasteiger charge is 2.26. The number of benzene rings is 1. The number of fused-ring (bicyclic) bond motifs is 1. The van der Waals surface area contributed by atoms with Gasteiger partial charge in [0.15, 0.2) is 11.5 Å². The van der Waals surface area contributed by atoms with E-state index in [0.717, 1.165) is 22.4 Å². The van der Waals surface area contributed by atoms with E-state index in [1.165, 1.54) is 0 Å². The number of hydrogen-bond donors (Lipinski definition) is 2. The summed E-state index contributed by atoms with van der Waals surface area (Å²) in [6.45, 7) is 5.25. The molecule has 0 amide bonds. The predicted octanol–water partition coefficient (Wildman–Crippen LogP) is 3.21. The molecule has 3 N–H and O–H groups in total. The van der Waals surface area contributed by atoms with Crippen LogP contribution in [0.2, 0.25) is 5.02 Å². The van der Waals surface area contributed by atoms with Crippen LogP contribution in [0.4, 0.5) is 5.82 Å². The molecule has 6 heteroatoms. The third-order valence-electron chi connectivity index (χ3n) is 3.34. The number of aromatic nitrogens is 2. The maximum Gasteiger partial charge on any atom is 0.165 e. The van der Waals surface area contributed by atoms with Gasteiger partial charge < -0.3 is 15.2 Å². The first-order valence-corrected chi connectivity index (χ1v) is 6.88. The fraction of sp³-hybridized carbons (Fsp3) is 0.357. The van der Waals surface area contributed by atoms with Crippen LogP contribution in [0.15, 0.2) is 12.3 Å². The van der Waals surface area contributed by atoms with Gasteiger partial charge in [-0.3, -0.25) is 5.10 Å². The van der Waals surface area contributed by atoms with Crippen molar-refractivity contribution in [2.75, 3.05) is 18.9 Å². The van der Waals surface area contributed by atoms with Crippen molar-refractivity contribution < 1.29 is 9.47 Å². The highest BCUT2D eigenvalue weighted by molar-refractivity contribution is 6.34. The summed E-state index contributed by atoms with van der Waals surface area (Å²) in [6, 6.07) is 1.78. The number of hydrogen-bond acceptors (Lipinski definition) is 4. The molecular formula is C14H16ClN3O2. The molecule has 0 unspecified atom stereocenters. The second-order valence-electron chi connectivity index (χ2n) is 5.02. The van der Waals surface area contributed by atoms with E-state index in [-0.39, 0.29) is 5.92 Å². The number of nitrogens with two attached hydrogens (primary N) is 1. The van der Waals surface area contributed by atoms with Gasteiger partial charge in [0.2, 0.25) is 0 Å². The van der Waals surface area contributed by atoms with E-state index in [1.807, 2.05) is 0 Å². The highest BCUT2D eigenvalue weighted by Crippen LogP contribution is 2.48. The first-order valence-electron chi connectivity index (χ1n) is 6.50. The van der Waals surface area contributed by atoms with Crippen molar-refractivity contribution in [3.8, 4) is 22.6 Å². The van der Waals surface area contributed by atoms with E-state index in [9.17, 15) is 0 Å². The second-order valence-corrected chi connectivity index (χ2v) is 5.43. The van der Waals surface area contributed by atoms with Crippen LogP contribution in [0.5, 0.6) is 11.5 Å². The lowest BCUT2D eigenvalue weighted by atomic mass is 9.92. The smallest absolute Gasteiger partial charge is 0.165 e. The number of rotatable bonds is 2. The van der Waals surface area contributed by atoms with Gasteiger partial charge in [-0.25, -0.2) is 0 Å². The Morgan fingerprint density at radius 1 is 1.35 bits per heavy atom. The van der Waals surface area contributed by atoms with Gasteiger partial charge in [0.1, 0.15) is 19.0 Å². The molecule has 0 saturated carbocycles. The van der Waals surface area contributed by atoms with E-state index < -0.39 is 0 Å². The number of halogens is 1. The van der Waals surface area contributed by atoms with E-state index in [2.05, 4.69) is 24.0 Å². The van der Waals surface area contributed by atoms with Crippen LogP contribution in [-0.4, -0.2) is 23.4 Å². The first kappa shape index (κ1) is 13.1. The van der Waals surface area contributed by atoms with Crippen molar-refractivity contribution in [2.24, 2.45) is 0 Å². The Hall–Kier alpha value is -1.88. The van der Waals surface area contributed by atoms with Crippen LogP contribution in [0.25, 0.3) is 11.1 Å². The van der Waals surface area contributed by atoms with Gasteiger partial charge in [0, 0.05) is 22.8 Å². The quantitative estimate of drug-likeness (QED) is 0.892. The Morgan fingerprint density at radius 3 is 2.75 bits per heavy atom. The highest BCUT2D eigenvalue weighted by atomic mass is 35.5. The van der Waals surface area contributed by atoms with E-state index >= 15 is 0 Å². The van der Waals surface area contributed by atoms with Crippen molar-refractivity contribution in [1.29, 1.82) is 0 Å². The van der Waals surface area contributed by atoms with Gasteiger partial charge in [-0.15, -0.1) is 0 Å². The Morgan fingerprint density at radius 2 is 2.10 bits per heavy atom. The number of nitrogens with one attached hydrogen (secondary N) is 1. The number of ether oxygens (including phenoxy) is 2. The van der Waals surface area contributed by atoms with Gasteiger partial charge >= 0.3 is 0 Å². The number of nitrogens with zero attached hydrogens (tertiary/aromatic N) is 1. The van der Waals surface area contributed by atoms with Crippen molar-refractivity contribution in [2.45, 2.75) is 19.8 Å². The lowest BCUT2D eigenvalue weighted by molar-refractivity contribution is 0.169. The fourth-order valence-corrected chi connectivity index (χ4v) is 2.80. The molecule has 0 bridgehead atoms. The van der Waals surface area contributed by atoms with Gasteiger partial charge in [0.05, 0.1) is 11.2 Å². The molecule has 1 aliphatic heterocycles. The molecule has 20 heavy (non-hydrogen) atoms. The first-order chi connectivity index (χ1) is 9.59. The zero-order chi connectivity index (χ0) is 14.3. The van der Waals surface area contributed by atoms with Crippen molar-refractivity contribution >= 4 is 17.4 Å². The molecule has 106 valence electrons. The Balaban J connectivity index is 2.31. The van der Waals surface area contributed by atoms with E-state index in [0.29, 0.717) is 29.8 Å². The van der Waals surface area contributed by atoms with Crippen molar-refractivity contribution in [1.82, 2.24) is 10.2 Å².